The number of rotatable bonds is 5. The maximum Gasteiger partial charge on any atom is 0.269 e. The van der Waals surface area contributed by atoms with E-state index < -0.39 is 4.92 Å². The Hall–Kier alpha value is -2.73. The van der Waals surface area contributed by atoms with Gasteiger partial charge in [-0.25, -0.2) is 0 Å². The van der Waals surface area contributed by atoms with Crippen LogP contribution in [-0.4, -0.2) is 35.4 Å². The first-order valence-electron chi connectivity index (χ1n) is 8.91. The van der Waals surface area contributed by atoms with Gasteiger partial charge in [0, 0.05) is 31.8 Å². The summed E-state index contributed by atoms with van der Waals surface area (Å²) >= 11 is 0. The third-order valence-corrected chi connectivity index (χ3v) is 4.81. The van der Waals surface area contributed by atoms with Crippen LogP contribution in [0, 0.1) is 10.1 Å². The third kappa shape index (κ3) is 4.08. The van der Waals surface area contributed by atoms with Crippen LogP contribution in [0.4, 0.5) is 5.69 Å². The molecule has 1 unspecified atom stereocenters. The molecule has 136 valence electrons. The molecule has 1 heterocycles. The second-order valence-electron chi connectivity index (χ2n) is 6.51. The Morgan fingerprint density at radius 2 is 2.00 bits per heavy atom. The zero-order chi connectivity index (χ0) is 18.5. The molecule has 0 spiro atoms. The van der Waals surface area contributed by atoms with Crippen LogP contribution in [-0.2, 0) is 17.6 Å². The van der Waals surface area contributed by atoms with Crippen molar-refractivity contribution in [2.45, 2.75) is 25.8 Å². The lowest BCUT2D eigenvalue weighted by Gasteiger charge is -2.36. The smallest absolute Gasteiger partial charge is 0.269 e. The van der Waals surface area contributed by atoms with Crippen LogP contribution in [0.3, 0.4) is 0 Å². The number of aryl methyl sites for hydroxylation is 1. The molecule has 1 fully saturated rings. The van der Waals surface area contributed by atoms with Gasteiger partial charge in [0.2, 0.25) is 5.91 Å². The molecule has 6 nitrogen and oxygen atoms in total. The minimum Gasteiger partial charge on any atom is -0.333 e. The normalized spacial score (nSPS) is 17.1. The Labute approximate surface area is 153 Å². The van der Waals surface area contributed by atoms with Crippen molar-refractivity contribution < 1.29 is 9.72 Å². The Kier molecular flexibility index (Phi) is 5.63. The molecule has 1 N–H and O–H groups in total. The van der Waals surface area contributed by atoms with E-state index in [-0.39, 0.29) is 24.1 Å². The molecule has 1 aliphatic heterocycles. The Morgan fingerprint density at radius 1 is 1.23 bits per heavy atom. The van der Waals surface area contributed by atoms with Crippen LogP contribution >= 0.6 is 0 Å². The third-order valence-electron chi connectivity index (χ3n) is 4.81. The molecular formula is C20H23N3O3. The molecule has 0 saturated carbocycles. The van der Waals surface area contributed by atoms with Crippen molar-refractivity contribution in [2.24, 2.45) is 0 Å². The van der Waals surface area contributed by atoms with Gasteiger partial charge in [0.05, 0.1) is 17.4 Å². The first kappa shape index (κ1) is 18.1. The highest BCUT2D eigenvalue weighted by molar-refractivity contribution is 5.79. The second kappa shape index (κ2) is 8.10. The highest BCUT2D eigenvalue weighted by Gasteiger charge is 2.28. The number of benzene rings is 2. The lowest BCUT2D eigenvalue weighted by Crippen LogP contribution is -2.49. The number of hydrogen-bond acceptors (Lipinski definition) is 4. The summed E-state index contributed by atoms with van der Waals surface area (Å²) in [7, 11) is 0. The standard InChI is InChI=1S/C20H23N3O3/c1-2-15-6-8-17(9-7-15)19-14-21-10-11-22(19)20(24)13-16-4-3-5-18(12-16)23(25)26/h3-9,12,19,21H,2,10-11,13-14H2,1H3. The molecule has 0 radical (unpaired) electrons. The van der Waals surface area contributed by atoms with Gasteiger partial charge >= 0.3 is 0 Å². The van der Waals surface area contributed by atoms with Crippen molar-refractivity contribution >= 4 is 11.6 Å². The largest absolute Gasteiger partial charge is 0.333 e. The van der Waals surface area contributed by atoms with Crippen molar-refractivity contribution in [3.63, 3.8) is 0 Å². The quantitative estimate of drug-likeness (QED) is 0.662. The highest BCUT2D eigenvalue weighted by Crippen LogP contribution is 2.24. The van der Waals surface area contributed by atoms with Gasteiger partial charge in [-0.05, 0) is 23.1 Å². The van der Waals surface area contributed by atoms with Crippen molar-refractivity contribution in [3.05, 3.63) is 75.3 Å². The summed E-state index contributed by atoms with van der Waals surface area (Å²) in [5, 5.41) is 14.3. The van der Waals surface area contributed by atoms with E-state index in [1.54, 1.807) is 12.1 Å². The van der Waals surface area contributed by atoms with Crippen LogP contribution in [0.1, 0.15) is 29.7 Å². The van der Waals surface area contributed by atoms with E-state index in [9.17, 15) is 14.9 Å². The van der Waals surface area contributed by atoms with Crippen LogP contribution in [0.25, 0.3) is 0 Å². The predicted octanol–water partition coefficient (Wildman–Crippen LogP) is 2.87. The summed E-state index contributed by atoms with van der Waals surface area (Å²) in [5.74, 6) is -0.00318. The summed E-state index contributed by atoms with van der Waals surface area (Å²) in [6, 6.07) is 14.7. The topological polar surface area (TPSA) is 75.5 Å². The summed E-state index contributed by atoms with van der Waals surface area (Å²) < 4.78 is 0. The maximum absolute atomic E-state index is 12.9. The first-order valence-corrected chi connectivity index (χ1v) is 8.91. The molecule has 0 bridgehead atoms. The van der Waals surface area contributed by atoms with E-state index in [1.165, 1.54) is 17.7 Å². The van der Waals surface area contributed by atoms with Gasteiger partial charge in [-0.1, -0.05) is 43.3 Å². The number of carbonyl (C=O) groups excluding carboxylic acids is 1. The first-order chi connectivity index (χ1) is 12.6. The molecule has 0 aliphatic carbocycles. The molecular weight excluding hydrogens is 330 g/mol. The minimum absolute atomic E-state index is 0.00318. The Bertz CT molecular complexity index is 789. The number of nitrogens with one attached hydrogen (secondary N) is 1. The van der Waals surface area contributed by atoms with Gasteiger partial charge in [-0.3, -0.25) is 14.9 Å². The summed E-state index contributed by atoms with van der Waals surface area (Å²) in [4.78, 5) is 25.3. The van der Waals surface area contributed by atoms with E-state index in [1.807, 2.05) is 4.90 Å². The second-order valence-corrected chi connectivity index (χ2v) is 6.51. The van der Waals surface area contributed by atoms with E-state index in [2.05, 4.69) is 36.5 Å². The average molecular weight is 353 g/mol. The number of nitrogens with zero attached hydrogens (tertiary/aromatic N) is 2. The maximum atomic E-state index is 12.9. The fourth-order valence-corrected chi connectivity index (χ4v) is 3.33. The SMILES string of the molecule is CCc1ccc(C2CNCCN2C(=O)Cc2cccc([N+](=O)[O-])c2)cc1. The monoisotopic (exact) mass is 353 g/mol. The summed E-state index contributed by atoms with van der Waals surface area (Å²) in [5.41, 5.74) is 3.07. The van der Waals surface area contributed by atoms with Gasteiger partial charge < -0.3 is 10.2 Å². The van der Waals surface area contributed by atoms with Gasteiger partial charge in [0.1, 0.15) is 0 Å². The van der Waals surface area contributed by atoms with Gasteiger partial charge in [-0.2, -0.15) is 0 Å². The molecule has 1 saturated heterocycles. The van der Waals surface area contributed by atoms with Gasteiger partial charge in [0.15, 0.2) is 0 Å². The Balaban J connectivity index is 1.77. The van der Waals surface area contributed by atoms with Crippen molar-refractivity contribution in [3.8, 4) is 0 Å². The lowest BCUT2D eigenvalue weighted by atomic mass is 10.00. The van der Waals surface area contributed by atoms with Crippen LogP contribution < -0.4 is 5.32 Å². The molecule has 2 aromatic carbocycles. The number of carbonyl (C=O) groups is 1. The number of non-ortho nitro benzene ring substituents is 1. The van der Waals surface area contributed by atoms with E-state index in [0.29, 0.717) is 18.7 Å². The zero-order valence-corrected chi connectivity index (χ0v) is 14.9. The summed E-state index contributed by atoms with van der Waals surface area (Å²) in [6.07, 6.45) is 1.16. The average Bonchev–Trinajstić information content (AvgIpc) is 2.68. The van der Waals surface area contributed by atoms with Crippen molar-refractivity contribution in [1.82, 2.24) is 10.2 Å². The molecule has 1 amide bonds. The lowest BCUT2D eigenvalue weighted by molar-refractivity contribution is -0.384. The molecule has 1 aliphatic rings. The van der Waals surface area contributed by atoms with E-state index >= 15 is 0 Å². The molecule has 0 aromatic heterocycles. The fraction of sp³-hybridized carbons (Fsp3) is 0.350. The number of piperazine rings is 1. The summed E-state index contributed by atoms with van der Waals surface area (Å²) in [6.45, 7) is 4.22. The number of nitro benzene ring substituents is 1. The molecule has 6 heteroatoms. The van der Waals surface area contributed by atoms with Gasteiger partial charge in [0.25, 0.3) is 5.69 Å². The van der Waals surface area contributed by atoms with Crippen LogP contribution in [0.5, 0.6) is 0 Å². The highest BCUT2D eigenvalue weighted by atomic mass is 16.6. The number of hydrogen-bond donors (Lipinski definition) is 1. The number of nitro groups is 1. The molecule has 1 atom stereocenters. The molecule has 26 heavy (non-hydrogen) atoms. The van der Waals surface area contributed by atoms with E-state index in [0.717, 1.165) is 18.5 Å². The minimum atomic E-state index is -0.434. The fourth-order valence-electron chi connectivity index (χ4n) is 3.33. The van der Waals surface area contributed by atoms with Crippen molar-refractivity contribution in [1.29, 1.82) is 0 Å². The van der Waals surface area contributed by atoms with Crippen LogP contribution in [0.15, 0.2) is 48.5 Å². The number of amides is 1. The Morgan fingerprint density at radius 3 is 2.69 bits per heavy atom. The van der Waals surface area contributed by atoms with E-state index in [4.69, 9.17) is 0 Å². The zero-order valence-electron chi connectivity index (χ0n) is 14.9. The molecule has 2 aromatic rings. The van der Waals surface area contributed by atoms with Crippen LogP contribution in [0.2, 0.25) is 0 Å². The van der Waals surface area contributed by atoms with Crippen molar-refractivity contribution in [2.75, 3.05) is 19.6 Å². The predicted molar refractivity (Wildman–Crippen MR) is 99.9 cm³/mol. The van der Waals surface area contributed by atoms with Gasteiger partial charge in [-0.15, -0.1) is 0 Å². The molecule has 3 rings (SSSR count).